The molecule has 0 bridgehead atoms. The molecule has 3 saturated heterocycles. The van der Waals surface area contributed by atoms with Gasteiger partial charge in [0.15, 0.2) is 5.82 Å². The largest absolute Gasteiger partial charge is 0.386 e. The van der Waals surface area contributed by atoms with Gasteiger partial charge in [0.1, 0.15) is 17.5 Å². The fourth-order valence-electron chi connectivity index (χ4n) is 12.4. The van der Waals surface area contributed by atoms with Crippen LogP contribution in [-0.4, -0.2) is 124 Å². The summed E-state index contributed by atoms with van der Waals surface area (Å²) >= 11 is 0. The molecular formula is C55H62F2N10O5. The van der Waals surface area contributed by atoms with Crippen LogP contribution in [0.2, 0.25) is 0 Å². The second-order valence-electron chi connectivity index (χ2n) is 20.9. The van der Waals surface area contributed by atoms with Crippen LogP contribution in [0.1, 0.15) is 97.6 Å². The van der Waals surface area contributed by atoms with Crippen molar-refractivity contribution in [1.82, 2.24) is 34.1 Å². The van der Waals surface area contributed by atoms with E-state index in [4.69, 9.17) is 0 Å². The summed E-state index contributed by atoms with van der Waals surface area (Å²) in [6.07, 6.45) is 9.39. The van der Waals surface area contributed by atoms with Gasteiger partial charge in [0.05, 0.1) is 23.0 Å². The van der Waals surface area contributed by atoms with Crippen molar-refractivity contribution in [3.8, 4) is 5.69 Å². The van der Waals surface area contributed by atoms with Crippen LogP contribution in [-0.2, 0) is 26.8 Å². The zero-order valence-corrected chi connectivity index (χ0v) is 41.6. The molecular weight excluding hydrogens is 919 g/mol. The predicted molar refractivity (Wildman–Crippen MR) is 272 cm³/mol. The number of carbonyl (C=O) groups excluding carboxylic acids is 4. The van der Waals surface area contributed by atoms with Gasteiger partial charge >= 0.3 is 0 Å². The van der Waals surface area contributed by atoms with E-state index < -0.39 is 23.2 Å². The number of aryl methyl sites for hydroxylation is 2. The van der Waals surface area contributed by atoms with Crippen molar-refractivity contribution in [2.75, 3.05) is 74.5 Å². The minimum atomic E-state index is -0.664. The average molecular weight is 981 g/mol. The molecule has 1 spiro atoms. The number of rotatable bonds is 10. The number of nitrogens with one attached hydrogen (secondary N) is 2. The number of carbonyl (C=O) groups is 4. The monoisotopic (exact) mass is 980 g/mol. The van der Waals surface area contributed by atoms with E-state index in [1.54, 1.807) is 24.2 Å². The lowest BCUT2D eigenvalue weighted by Crippen LogP contribution is -2.54. The summed E-state index contributed by atoms with van der Waals surface area (Å²) in [4.78, 5) is 80.8. The van der Waals surface area contributed by atoms with E-state index in [0.29, 0.717) is 73.4 Å². The first-order valence-electron chi connectivity index (χ1n) is 25.5. The molecule has 4 fully saturated rings. The summed E-state index contributed by atoms with van der Waals surface area (Å²) in [5.74, 6) is -1.32. The van der Waals surface area contributed by atoms with E-state index in [-0.39, 0.29) is 47.2 Å². The molecule has 3 aromatic heterocycles. The van der Waals surface area contributed by atoms with E-state index in [2.05, 4.69) is 62.4 Å². The summed E-state index contributed by atoms with van der Waals surface area (Å²) in [6, 6.07) is 14.0. The molecule has 2 N–H and O–H groups in total. The van der Waals surface area contributed by atoms with Gasteiger partial charge in [0.2, 0.25) is 17.7 Å². The summed E-state index contributed by atoms with van der Waals surface area (Å²) in [5, 5.41) is 5.87. The second-order valence-corrected chi connectivity index (χ2v) is 20.9. The number of hydrogen-bond acceptors (Lipinski definition) is 10. The van der Waals surface area contributed by atoms with Crippen LogP contribution in [0.5, 0.6) is 0 Å². The molecule has 5 aromatic rings. The average Bonchev–Trinajstić information content (AvgIpc) is 4.07. The van der Waals surface area contributed by atoms with Gasteiger partial charge in [-0.2, -0.15) is 0 Å². The number of halogens is 2. The lowest BCUT2D eigenvalue weighted by atomic mass is 9.92. The summed E-state index contributed by atoms with van der Waals surface area (Å²) in [7, 11) is 3.51. The Bertz CT molecular complexity index is 3130. The highest BCUT2D eigenvalue weighted by Gasteiger charge is 2.61. The van der Waals surface area contributed by atoms with Crippen molar-refractivity contribution in [3.63, 3.8) is 0 Å². The van der Waals surface area contributed by atoms with Gasteiger partial charge in [-0.05, 0) is 124 Å². The fourth-order valence-corrected chi connectivity index (χ4v) is 12.4. The molecule has 5 aliphatic heterocycles. The number of fused-ring (bicyclic) bond motifs is 3. The Hall–Kier alpha value is -6.72. The summed E-state index contributed by atoms with van der Waals surface area (Å²) < 4.78 is 34.3. The standard InChI is InChI=1S/C55H62F2N10O5/c1-32-24-37(25-41(56)50(32)36-13-20-62(21-14-36)34(3)47-27-39-44(10-17-59-51(39)61(47)5)66-31-42(57)43(58-4)28-49(66)69)53(71)63-18-11-35(12-19-63)30-64-22-23-65(29-33(64)2)38-6-7-45-40(26-38)55(15-16-55)54(72)67(45)46-8-9-48(68)60-52(46)70/h6-7,10,13,17,24-28,31,33-35,46,58H,8-9,11-12,14-16,18-23,29-30H2,1-5H3,(H,60,68,70)/t33-,34-,46+/m0/s1. The minimum absolute atomic E-state index is 0.0208. The van der Waals surface area contributed by atoms with Gasteiger partial charge in [0, 0.05) is 131 Å². The van der Waals surface area contributed by atoms with Crippen molar-refractivity contribution in [2.24, 2.45) is 13.0 Å². The zero-order valence-electron chi connectivity index (χ0n) is 41.6. The summed E-state index contributed by atoms with van der Waals surface area (Å²) in [5.41, 5.74) is 6.89. The van der Waals surface area contributed by atoms with Crippen molar-refractivity contribution in [3.05, 3.63) is 117 Å². The maximum atomic E-state index is 16.2. The molecule has 1 aliphatic carbocycles. The molecule has 376 valence electrons. The predicted octanol–water partition coefficient (Wildman–Crippen LogP) is 6.45. The SMILES string of the molecule is CNc1cc(=O)n(-c2ccnc3c2cc([C@H](C)N2CC=C(c4c(C)cc(C(=O)N5CCC(CN6CCN(c7ccc8c(c7)C7(CC7)C(=O)N8[C@@H]7CCC(=O)NC7=O)C[C@@H]6C)CC5)cc4F)CC2)n3C)cc1F. The van der Waals surface area contributed by atoms with Gasteiger partial charge < -0.3 is 19.7 Å². The van der Waals surface area contributed by atoms with E-state index in [0.717, 1.165) is 91.0 Å². The van der Waals surface area contributed by atoms with E-state index >= 15 is 4.39 Å². The quantitative estimate of drug-likeness (QED) is 0.150. The van der Waals surface area contributed by atoms with Crippen LogP contribution >= 0.6 is 0 Å². The lowest BCUT2D eigenvalue weighted by Gasteiger charge is -2.43. The van der Waals surface area contributed by atoms with Crippen molar-refractivity contribution in [1.29, 1.82) is 0 Å². The van der Waals surface area contributed by atoms with Crippen LogP contribution in [0, 0.1) is 24.5 Å². The Balaban J connectivity index is 0.688. The molecule has 15 nitrogen and oxygen atoms in total. The van der Waals surface area contributed by atoms with Crippen LogP contribution in [0.4, 0.5) is 25.8 Å². The number of piperazine rings is 1. The third kappa shape index (κ3) is 8.17. The third-order valence-electron chi connectivity index (χ3n) is 16.7. The Morgan fingerprint density at radius 2 is 1.72 bits per heavy atom. The Morgan fingerprint density at radius 3 is 2.42 bits per heavy atom. The van der Waals surface area contributed by atoms with Crippen LogP contribution in [0.25, 0.3) is 22.3 Å². The van der Waals surface area contributed by atoms with Crippen molar-refractivity contribution < 1.29 is 28.0 Å². The maximum Gasteiger partial charge on any atom is 0.257 e. The second kappa shape index (κ2) is 18.4. The first-order valence-corrected chi connectivity index (χ1v) is 25.5. The Labute approximate surface area is 417 Å². The third-order valence-corrected chi connectivity index (χ3v) is 16.7. The van der Waals surface area contributed by atoms with Crippen molar-refractivity contribution >= 4 is 57.3 Å². The van der Waals surface area contributed by atoms with Gasteiger partial charge in [-0.25, -0.2) is 13.8 Å². The first kappa shape index (κ1) is 47.6. The highest BCUT2D eigenvalue weighted by Crippen LogP contribution is 2.59. The lowest BCUT2D eigenvalue weighted by molar-refractivity contribution is -0.135. The molecule has 1 saturated carbocycles. The fraction of sp³-hybridized carbons (Fsp3) is 0.455. The number of pyridine rings is 2. The normalized spacial score (nSPS) is 22.1. The molecule has 17 heteroatoms. The highest BCUT2D eigenvalue weighted by molar-refractivity contribution is 6.15. The van der Waals surface area contributed by atoms with Gasteiger partial charge in [-0.3, -0.25) is 48.6 Å². The van der Waals surface area contributed by atoms with Gasteiger partial charge in [-0.1, -0.05) is 6.08 Å². The van der Waals surface area contributed by atoms with Crippen LogP contribution < -0.4 is 26.0 Å². The smallest absolute Gasteiger partial charge is 0.257 e. The topological polar surface area (TPSA) is 148 Å². The first-order chi connectivity index (χ1) is 34.6. The molecule has 72 heavy (non-hydrogen) atoms. The molecule has 6 aliphatic rings. The zero-order chi connectivity index (χ0) is 50.3. The molecule has 3 atom stereocenters. The number of hydrogen-bond donors (Lipinski definition) is 2. The number of benzene rings is 2. The molecule has 2 aromatic carbocycles. The number of likely N-dealkylation sites (tertiary alicyclic amines) is 1. The van der Waals surface area contributed by atoms with E-state index in [9.17, 15) is 28.4 Å². The molecule has 8 heterocycles. The van der Waals surface area contributed by atoms with E-state index in [1.165, 1.54) is 22.9 Å². The van der Waals surface area contributed by atoms with Gasteiger partial charge in [0.25, 0.3) is 11.5 Å². The van der Waals surface area contributed by atoms with Crippen LogP contribution in [0.3, 0.4) is 0 Å². The molecule has 0 radical (unpaired) electrons. The molecule has 4 amide bonds. The number of anilines is 3. The molecule has 0 unspecified atom stereocenters. The number of amides is 4. The summed E-state index contributed by atoms with van der Waals surface area (Å²) in [6.45, 7) is 12.3. The Kier molecular flexibility index (Phi) is 12.2. The van der Waals surface area contributed by atoms with Gasteiger partial charge in [-0.15, -0.1) is 0 Å². The molecule has 11 rings (SSSR count). The van der Waals surface area contributed by atoms with Crippen molar-refractivity contribution in [2.45, 2.75) is 89.3 Å². The number of piperidine rings is 2. The number of imide groups is 1. The van der Waals surface area contributed by atoms with E-state index in [1.807, 2.05) is 41.6 Å². The number of aromatic nitrogens is 3. The highest BCUT2D eigenvalue weighted by atomic mass is 19.1. The Morgan fingerprint density at radius 1 is 0.931 bits per heavy atom. The van der Waals surface area contributed by atoms with Crippen LogP contribution in [0.15, 0.2) is 71.8 Å². The maximum absolute atomic E-state index is 16.2. The number of nitrogens with zero attached hydrogens (tertiary/aromatic N) is 8. The minimum Gasteiger partial charge on any atom is -0.386 e.